The number of unbranched alkanes of at least 4 members (excludes halogenated alkanes) is 1. The molecular formula is C16H24O4. The van der Waals surface area contributed by atoms with E-state index in [1.54, 1.807) is 0 Å². The van der Waals surface area contributed by atoms with Crippen LogP contribution in [0.15, 0.2) is 0 Å². The van der Waals surface area contributed by atoms with Crippen LogP contribution in [0.25, 0.3) is 0 Å². The number of aliphatic carboxylic acids is 1. The molecule has 0 aromatic carbocycles. The van der Waals surface area contributed by atoms with Crippen molar-refractivity contribution in [3.63, 3.8) is 0 Å². The van der Waals surface area contributed by atoms with Crippen molar-refractivity contribution in [2.45, 2.75) is 58.3 Å². The lowest BCUT2D eigenvalue weighted by atomic mass is 9.44. The van der Waals surface area contributed by atoms with Crippen molar-refractivity contribution in [3.05, 3.63) is 0 Å². The molecule has 4 bridgehead atoms. The summed E-state index contributed by atoms with van der Waals surface area (Å²) in [5.41, 5.74) is -1.13. The Labute approximate surface area is 119 Å². The van der Waals surface area contributed by atoms with Gasteiger partial charge in [-0.1, -0.05) is 13.3 Å². The lowest BCUT2D eigenvalue weighted by molar-refractivity contribution is -0.190. The highest BCUT2D eigenvalue weighted by molar-refractivity contribution is 5.82. The van der Waals surface area contributed by atoms with E-state index in [-0.39, 0.29) is 5.97 Å². The number of carbonyl (C=O) groups excluding carboxylic acids is 1. The highest BCUT2D eigenvalue weighted by Crippen LogP contribution is 2.65. The molecule has 20 heavy (non-hydrogen) atoms. The van der Waals surface area contributed by atoms with Crippen LogP contribution in [-0.2, 0) is 14.3 Å². The first-order valence-corrected chi connectivity index (χ1v) is 7.90. The molecule has 2 unspecified atom stereocenters. The number of ether oxygens (including phenoxy) is 1. The van der Waals surface area contributed by atoms with Gasteiger partial charge in [0.1, 0.15) is 0 Å². The smallest absolute Gasteiger partial charge is 0.312 e. The average molecular weight is 280 g/mol. The van der Waals surface area contributed by atoms with E-state index in [1.807, 2.05) is 0 Å². The highest BCUT2D eigenvalue weighted by Gasteiger charge is 2.63. The molecular weight excluding hydrogens is 256 g/mol. The zero-order valence-corrected chi connectivity index (χ0v) is 12.2. The van der Waals surface area contributed by atoms with Gasteiger partial charge in [-0.15, -0.1) is 0 Å². The first-order chi connectivity index (χ1) is 9.50. The molecule has 0 radical (unpaired) electrons. The maximum atomic E-state index is 12.5. The van der Waals surface area contributed by atoms with E-state index in [2.05, 4.69) is 6.92 Å². The number of carboxylic acids is 1. The molecule has 0 aliphatic heterocycles. The summed E-state index contributed by atoms with van der Waals surface area (Å²) in [6.45, 7) is 2.55. The Morgan fingerprint density at radius 1 is 1.15 bits per heavy atom. The second-order valence-corrected chi connectivity index (χ2v) is 7.32. The second kappa shape index (κ2) is 4.74. The Morgan fingerprint density at radius 3 is 2.30 bits per heavy atom. The minimum atomic E-state index is -0.697. The summed E-state index contributed by atoms with van der Waals surface area (Å²) in [7, 11) is 0. The predicted octanol–water partition coefficient (Wildman–Crippen LogP) is 3.00. The molecule has 0 heterocycles. The molecule has 0 aromatic rings. The molecule has 4 aliphatic carbocycles. The van der Waals surface area contributed by atoms with Gasteiger partial charge in [0.2, 0.25) is 0 Å². The van der Waals surface area contributed by atoms with Gasteiger partial charge in [-0.05, 0) is 56.8 Å². The van der Waals surface area contributed by atoms with Gasteiger partial charge in [-0.2, -0.15) is 0 Å². The van der Waals surface area contributed by atoms with Crippen LogP contribution in [0.1, 0.15) is 58.3 Å². The van der Waals surface area contributed by atoms with Crippen LogP contribution < -0.4 is 0 Å². The first-order valence-electron chi connectivity index (χ1n) is 7.90. The summed E-state index contributed by atoms with van der Waals surface area (Å²) < 4.78 is 5.46. The molecule has 0 saturated heterocycles. The van der Waals surface area contributed by atoms with Gasteiger partial charge in [0.05, 0.1) is 17.4 Å². The third-order valence-corrected chi connectivity index (χ3v) is 5.68. The minimum absolute atomic E-state index is 0.120. The van der Waals surface area contributed by atoms with E-state index in [1.165, 1.54) is 0 Å². The van der Waals surface area contributed by atoms with Crippen LogP contribution in [0.2, 0.25) is 0 Å². The number of hydrogen-bond donors (Lipinski definition) is 1. The molecule has 112 valence electrons. The van der Waals surface area contributed by atoms with Crippen LogP contribution in [0.5, 0.6) is 0 Å². The van der Waals surface area contributed by atoms with E-state index in [4.69, 9.17) is 4.74 Å². The molecule has 0 spiro atoms. The number of carbonyl (C=O) groups is 2. The Bertz CT molecular complexity index is 414. The summed E-state index contributed by atoms with van der Waals surface area (Å²) in [6.07, 6.45) is 6.74. The molecule has 4 nitrogen and oxygen atoms in total. The van der Waals surface area contributed by atoms with Crippen molar-refractivity contribution in [3.8, 4) is 0 Å². The third-order valence-electron chi connectivity index (χ3n) is 5.68. The fourth-order valence-corrected chi connectivity index (χ4v) is 5.21. The fourth-order valence-electron chi connectivity index (χ4n) is 5.21. The Balaban J connectivity index is 1.79. The molecule has 0 amide bonds. The quantitative estimate of drug-likeness (QED) is 0.621. The van der Waals surface area contributed by atoms with Crippen molar-refractivity contribution in [2.24, 2.45) is 22.7 Å². The monoisotopic (exact) mass is 280 g/mol. The van der Waals surface area contributed by atoms with E-state index >= 15 is 0 Å². The average Bonchev–Trinajstić information content (AvgIpc) is 2.37. The summed E-state index contributed by atoms with van der Waals surface area (Å²) in [6, 6.07) is 0. The van der Waals surface area contributed by atoms with Gasteiger partial charge in [-0.25, -0.2) is 0 Å². The van der Waals surface area contributed by atoms with Gasteiger partial charge >= 0.3 is 11.9 Å². The second-order valence-electron chi connectivity index (χ2n) is 7.32. The Kier molecular flexibility index (Phi) is 3.30. The minimum Gasteiger partial charge on any atom is -0.481 e. The summed E-state index contributed by atoms with van der Waals surface area (Å²) in [5.74, 6) is 0.000147. The topological polar surface area (TPSA) is 63.6 Å². The highest BCUT2D eigenvalue weighted by atomic mass is 16.5. The summed E-state index contributed by atoms with van der Waals surface area (Å²) in [4.78, 5) is 24.2. The maximum absolute atomic E-state index is 12.5. The van der Waals surface area contributed by atoms with E-state index in [0.717, 1.165) is 44.9 Å². The number of carboxylic acid groups (broad SMARTS) is 1. The van der Waals surface area contributed by atoms with Gasteiger partial charge in [-0.3, -0.25) is 9.59 Å². The number of esters is 1. The number of hydrogen-bond acceptors (Lipinski definition) is 3. The van der Waals surface area contributed by atoms with E-state index in [9.17, 15) is 14.7 Å². The van der Waals surface area contributed by atoms with Gasteiger partial charge < -0.3 is 9.84 Å². The standard InChI is InChI=1S/C16H24O4/c1-2-3-4-20-14(19)16-8-11-5-12(9-16)7-15(6-11,10-16)13(17)18/h11-12H,2-10H2,1H3,(H,17,18). The van der Waals surface area contributed by atoms with Gasteiger partial charge in [0.15, 0.2) is 0 Å². The maximum Gasteiger partial charge on any atom is 0.312 e. The van der Waals surface area contributed by atoms with Crippen molar-refractivity contribution in [2.75, 3.05) is 6.61 Å². The van der Waals surface area contributed by atoms with Gasteiger partial charge in [0, 0.05) is 0 Å². The zero-order valence-electron chi connectivity index (χ0n) is 12.2. The van der Waals surface area contributed by atoms with Crippen molar-refractivity contribution < 1.29 is 19.4 Å². The largest absolute Gasteiger partial charge is 0.481 e. The lowest BCUT2D eigenvalue weighted by Gasteiger charge is -2.59. The SMILES string of the molecule is CCCCOC(=O)C12CC3CC(CC(C(=O)O)(C3)C1)C2. The van der Waals surface area contributed by atoms with Crippen molar-refractivity contribution in [1.82, 2.24) is 0 Å². The summed E-state index contributed by atoms with van der Waals surface area (Å²) in [5, 5.41) is 9.64. The molecule has 4 aliphatic rings. The third kappa shape index (κ3) is 2.04. The zero-order chi connectivity index (χ0) is 14.4. The Hall–Kier alpha value is -1.06. The van der Waals surface area contributed by atoms with E-state index < -0.39 is 16.8 Å². The number of rotatable bonds is 5. The van der Waals surface area contributed by atoms with Crippen LogP contribution >= 0.6 is 0 Å². The molecule has 4 heteroatoms. The first kappa shape index (κ1) is 13.9. The van der Waals surface area contributed by atoms with Crippen LogP contribution in [0, 0.1) is 22.7 Å². The molecule has 4 fully saturated rings. The molecule has 2 atom stereocenters. The fraction of sp³-hybridized carbons (Fsp3) is 0.875. The normalized spacial score (nSPS) is 41.6. The van der Waals surface area contributed by atoms with E-state index in [0.29, 0.717) is 24.9 Å². The lowest BCUT2D eigenvalue weighted by Crippen LogP contribution is -2.57. The predicted molar refractivity (Wildman–Crippen MR) is 73.1 cm³/mol. The van der Waals surface area contributed by atoms with Crippen LogP contribution in [-0.4, -0.2) is 23.7 Å². The Morgan fingerprint density at radius 2 is 1.75 bits per heavy atom. The van der Waals surface area contributed by atoms with Crippen LogP contribution in [0.3, 0.4) is 0 Å². The van der Waals surface area contributed by atoms with Crippen molar-refractivity contribution in [1.29, 1.82) is 0 Å². The summed E-state index contributed by atoms with van der Waals surface area (Å²) >= 11 is 0. The van der Waals surface area contributed by atoms with Crippen molar-refractivity contribution >= 4 is 11.9 Å². The molecule has 0 aromatic heterocycles. The molecule has 4 rings (SSSR count). The molecule has 4 saturated carbocycles. The van der Waals surface area contributed by atoms with Gasteiger partial charge in [0.25, 0.3) is 0 Å². The molecule has 1 N–H and O–H groups in total. The van der Waals surface area contributed by atoms with Crippen LogP contribution in [0.4, 0.5) is 0 Å².